The molecule has 0 radical (unpaired) electrons. The van der Waals surface area contributed by atoms with E-state index in [1.165, 1.54) is 49.1 Å². The summed E-state index contributed by atoms with van der Waals surface area (Å²) >= 11 is 1.73. The second kappa shape index (κ2) is 9.44. The van der Waals surface area contributed by atoms with Crippen molar-refractivity contribution in [3.05, 3.63) is 47.3 Å². The number of hydrogen-bond donors (Lipinski definition) is 0. The van der Waals surface area contributed by atoms with Crippen molar-refractivity contribution in [3.63, 3.8) is 0 Å². The molecule has 25 heavy (non-hydrogen) atoms. The molecular formula is C21H30N2OS. The molecule has 0 unspecified atom stereocenters. The van der Waals surface area contributed by atoms with Gasteiger partial charge in [-0.1, -0.05) is 81.1 Å². The Labute approximate surface area is 156 Å². The first kappa shape index (κ1) is 18.5. The first-order valence-electron chi connectivity index (χ1n) is 9.55. The molecule has 1 heterocycles. The summed E-state index contributed by atoms with van der Waals surface area (Å²) in [6.45, 7) is 3.47. The smallest absolute Gasteiger partial charge is 0.170 e. The van der Waals surface area contributed by atoms with Gasteiger partial charge in [-0.25, -0.2) is 4.98 Å². The van der Waals surface area contributed by atoms with Crippen LogP contribution >= 0.6 is 11.8 Å². The molecule has 0 saturated heterocycles. The molecule has 3 nitrogen and oxygen atoms in total. The van der Waals surface area contributed by atoms with E-state index in [0.29, 0.717) is 13.3 Å². The predicted molar refractivity (Wildman–Crippen MR) is 105 cm³/mol. The van der Waals surface area contributed by atoms with E-state index in [9.17, 15) is 0 Å². The minimum absolute atomic E-state index is 0.589. The van der Waals surface area contributed by atoms with Gasteiger partial charge in [0.15, 0.2) is 5.16 Å². The third kappa shape index (κ3) is 4.89. The molecule has 0 atom stereocenters. The molecule has 0 bridgehead atoms. The number of benzene rings is 1. The van der Waals surface area contributed by atoms with Crippen molar-refractivity contribution in [1.82, 2.24) is 9.55 Å². The minimum Gasteiger partial charge on any atom is -0.356 e. The summed E-state index contributed by atoms with van der Waals surface area (Å²) in [7, 11) is 0. The number of thioether (sulfide) groups is 1. The summed E-state index contributed by atoms with van der Waals surface area (Å²) in [5.74, 6) is 0.822. The highest BCUT2D eigenvalue weighted by atomic mass is 32.2. The van der Waals surface area contributed by atoms with Gasteiger partial charge < -0.3 is 4.74 Å². The summed E-state index contributed by atoms with van der Waals surface area (Å²) in [6, 6.07) is 10.4. The topological polar surface area (TPSA) is 27.1 Å². The lowest BCUT2D eigenvalue weighted by Gasteiger charge is -2.21. The number of imidazole rings is 1. The number of ether oxygens (including phenoxy) is 1. The van der Waals surface area contributed by atoms with Crippen LogP contribution in [0.25, 0.3) is 0 Å². The summed E-state index contributed by atoms with van der Waals surface area (Å²) in [6.07, 6.45) is 11.2. The Balaban J connectivity index is 1.68. The molecule has 1 fully saturated rings. The van der Waals surface area contributed by atoms with Crippen LogP contribution in [0, 0.1) is 5.92 Å². The standard InChI is InChI=1S/C21H30N2OS/c1-3-20-19(14-17-10-6-4-7-11-17)22-21(25-2)23(20)16-24-15-18-12-8-5-9-13-18/h5,8-9,12-13,17H,3-4,6-7,10-11,14-16H2,1-2H3. The molecule has 2 aromatic rings. The van der Waals surface area contributed by atoms with Crippen molar-refractivity contribution in [2.45, 2.75) is 70.4 Å². The van der Waals surface area contributed by atoms with Crippen molar-refractivity contribution >= 4 is 11.8 Å². The van der Waals surface area contributed by atoms with Gasteiger partial charge >= 0.3 is 0 Å². The zero-order chi connectivity index (χ0) is 17.5. The van der Waals surface area contributed by atoms with Crippen molar-refractivity contribution < 1.29 is 4.74 Å². The molecule has 1 saturated carbocycles. The molecule has 0 aliphatic heterocycles. The Kier molecular flexibility index (Phi) is 7.00. The lowest BCUT2D eigenvalue weighted by atomic mass is 9.86. The van der Waals surface area contributed by atoms with Gasteiger partial charge in [-0.3, -0.25) is 4.57 Å². The maximum absolute atomic E-state index is 6.00. The van der Waals surface area contributed by atoms with Crippen molar-refractivity contribution in [2.75, 3.05) is 6.26 Å². The van der Waals surface area contributed by atoms with Crippen LogP contribution in [0.1, 0.15) is 56.0 Å². The fraction of sp³-hybridized carbons (Fsp3) is 0.571. The Morgan fingerprint density at radius 1 is 1.16 bits per heavy atom. The van der Waals surface area contributed by atoms with Crippen molar-refractivity contribution in [3.8, 4) is 0 Å². The van der Waals surface area contributed by atoms with E-state index in [2.05, 4.69) is 42.0 Å². The maximum Gasteiger partial charge on any atom is 0.170 e. The normalized spacial score (nSPS) is 15.6. The second-order valence-corrected chi connectivity index (χ2v) is 7.72. The van der Waals surface area contributed by atoms with Crippen LogP contribution in [0.4, 0.5) is 0 Å². The zero-order valence-electron chi connectivity index (χ0n) is 15.5. The van der Waals surface area contributed by atoms with Crippen molar-refractivity contribution in [2.24, 2.45) is 5.92 Å². The average molecular weight is 359 g/mol. The van der Waals surface area contributed by atoms with Crippen molar-refractivity contribution in [1.29, 1.82) is 0 Å². The molecule has 1 aromatic heterocycles. The van der Waals surface area contributed by atoms with Gasteiger partial charge in [0.05, 0.1) is 12.3 Å². The molecule has 1 aliphatic carbocycles. The van der Waals surface area contributed by atoms with E-state index in [-0.39, 0.29) is 0 Å². The summed E-state index contributed by atoms with van der Waals surface area (Å²) in [5.41, 5.74) is 3.89. The van der Waals surface area contributed by atoms with Gasteiger partial charge in [0.25, 0.3) is 0 Å². The minimum atomic E-state index is 0.589. The number of hydrogen-bond acceptors (Lipinski definition) is 3. The van der Waals surface area contributed by atoms with E-state index in [0.717, 1.165) is 23.9 Å². The molecule has 3 rings (SSSR count). The van der Waals surface area contributed by atoms with Crippen LogP contribution in [-0.2, 0) is 30.9 Å². The molecule has 0 spiro atoms. The Morgan fingerprint density at radius 2 is 1.92 bits per heavy atom. The van der Waals surface area contributed by atoms with Crippen LogP contribution in [0.3, 0.4) is 0 Å². The second-order valence-electron chi connectivity index (χ2n) is 6.94. The molecule has 4 heteroatoms. The molecule has 1 aliphatic rings. The summed E-state index contributed by atoms with van der Waals surface area (Å²) in [4.78, 5) is 4.97. The van der Waals surface area contributed by atoms with E-state index < -0.39 is 0 Å². The summed E-state index contributed by atoms with van der Waals surface area (Å²) in [5, 5.41) is 1.09. The molecule has 136 valence electrons. The quantitative estimate of drug-likeness (QED) is 0.586. The van der Waals surface area contributed by atoms with Crippen LogP contribution in [0.15, 0.2) is 35.5 Å². The lowest BCUT2D eigenvalue weighted by molar-refractivity contribution is 0.0570. The Bertz CT molecular complexity index is 647. The third-order valence-corrected chi connectivity index (χ3v) is 5.85. The van der Waals surface area contributed by atoms with E-state index in [1.54, 1.807) is 11.8 Å². The summed E-state index contributed by atoms with van der Waals surface area (Å²) < 4.78 is 8.29. The van der Waals surface area contributed by atoms with E-state index >= 15 is 0 Å². The highest BCUT2D eigenvalue weighted by molar-refractivity contribution is 7.98. The van der Waals surface area contributed by atoms with Gasteiger partial charge in [0.2, 0.25) is 0 Å². The first-order valence-corrected chi connectivity index (χ1v) is 10.8. The first-order chi connectivity index (χ1) is 12.3. The Hall–Kier alpha value is -1.26. The van der Waals surface area contributed by atoms with Gasteiger partial charge in [0.1, 0.15) is 6.73 Å². The van der Waals surface area contributed by atoms with Crippen LogP contribution in [-0.4, -0.2) is 15.8 Å². The lowest BCUT2D eigenvalue weighted by Crippen LogP contribution is -2.12. The average Bonchev–Trinajstić information content (AvgIpc) is 3.00. The van der Waals surface area contributed by atoms with Crippen LogP contribution in [0.5, 0.6) is 0 Å². The van der Waals surface area contributed by atoms with Crippen LogP contribution < -0.4 is 0 Å². The third-order valence-electron chi connectivity index (χ3n) is 5.18. The predicted octanol–water partition coefficient (Wildman–Crippen LogP) is 5.46. The highest BCUT2D eigenvalue weighted by Gasteiger charge is 2.20. The largest absolute Gasteiger partial charge is 0.356 e. The molecule has 0 N–H and O–H groups in total. The Morgan fingerprint density at radius 3 is 2.60 bits per heavy atom. The maximum atomic E-state index is 6.00. The molecular weight excluding hydrogens is 328 g/mol. The monoisotopic (exact) mass is 358 g/mol. The SMILES string of the molecule is CCc1c(CC2CCCCC2)nc(SC)n1COCc1ccccc1. The van der Waals surface area contributed by atoms with Crippen LogP contribution in [0.2, 0.25) is 0 Å². The molecule has 0 amide bonds. The van der Waals surface area contributed by atoms with Gasteiger partial charge in [0, 0.05) is 5.69 Å². The van der Waals surface area contributed by atoms with Gasteiger partial charge in [-0.05, 0) is 30.6 Å². The highest BCUT2D eigenvalue weighted by Crippen LogP contribution is 2.29. The number of rotatable bonds is 8. The van der Waals surface area contributed by atoms with E-state index in [1.807, 2.05) is 6.07 Å². The zero-order valence-corrected chi connectivity index (χ0v) is 16.4. The van der Waals surface area contributed by atoms with Gasteiger partial charge in [-0.2, -0.15) is 0 Å². The van der Waals surface area contributed by atoms with Gasteiger partial charge in [-0.15, -0.1) is 0 Å². The molecule has 1 aromatic carbocycles. The fourth-order valence-corrected chi connectivity index (χ4v) is 4.44. The van der Waals surface area contributed by atoms with E-state index in [4.69, 9.17) is 9.72 Å². The number of aromatic nitrogens is 2. The fourth-order valence-electron chi connectivity index (χ4n) is 3.85. The number of nitrogens with zero attached hydrogens (tertiary/aromatic N) is 2.